The molecule has 1 aromatic rings. The summed E-state index contributed by atoms with van der Waals surface area (Å²) in [5.74, 6) is 1.26. The summed E-state index contributed by atoms with van der Waals surface area (Å²) < 4.78 is 5.48. The molecule has 26 heavy (non-hydrogen) atoms. The molecule has 148 valence electrons. The second-order valence-corrected chi connectivity index (χ2v) is 8.09. The molecule has 0 saturated carbocycles. The van der Waals surface area contributed by atoms with E-state index < -0.39 is 6.10 Å². The largest absolute Gasteiger partial charge is 0.389 e. The summed E-state index contributed by atoms with van der Waals surface area (Å²) in [5.41, 5.74) is 0. The summed E-state index contributed by atoms with van der Waals surface area (Å²) in [7, 11) is 0. The van der Waals surface area contributed by atoms with Gasteiger partial charge in [0.1, 0.15) is 0 Å². The monoisotopic (exact) mass is 382 g/mol. The fourth-order valence-corrected chi connectivity index (χ4v) is 3.68. The van der Waals surface area contributed by atoms with Crippen molar-refractivity contribution in [2.45, 2.75) is 45.8 Å². The summed E-state index contributed by atoms with van der Waals surface area (Å²) in [4.78, 5) is 6.97. The van der Waals surface area contributed by atoms with Crippen molar-refractivity contribution in [2.24, 2.45) is 10.9 Å². The average Bonchev–Trinajstić information content (AvgIpc) is 3.15. The number of guanidine groups is 1. The van der Waals surface area contributed by atoms with Gasteiger partial charge in [0.2, 0.25) is 0 Å². The number of rotatable bonds is 9. The predicted octanol–water partition coefficient (Wildman–Crippen LogP) is 2.31. The molecule has 1 saturated heterocycles. The maximum Gasteiger partial charge on any atom is 0.191 e. The predicted molar refractivity (Wildman–Crippen MR) is 110 cm³/mol. The Labute approximate surface area is 161 Å². The van der Waals surface area contributed by atoms with E-state index in [1.54, 1.807) is 11.3 Å². The molecular formula is C19H34N4O2S. The van der Waals surface area contributed by atoms with E-state index in [-0.39, 0.29) is 0 Å². The van der Waals surface area contributed by atoms with Gasteiger partial charge in [0.15, 0.2) is 5.96 Å². The maximum atomic E-state index is 10.0. The highest BCUT2D eigenvalue weighted by Crippen LogP contribution is 2.24. The molecular weight excluding hydrogens is 348 g/mol. The van der Waals surface area contributed by atoms with E-state index in [1.807, 2.05) is 0 Å². The van der Waals surface area contributed by atoms with Crippen molar-refractivity contribution in [3.63, 3.8) is 0 Å². The molecule has 0 aromatic carbocycles. The van der Waals surface area contributed by atoms with Crippen LogP contribution in [0.3, 0.4) is 0 Å². The SMILES string of the molecule is CCNC(=NCC(O)COCC(C)C)NC1CCN(c2cccs2)CC1. The van der Waals surface area contributed by atoms with Crippen molar-refractivity contribution in [3.05, 3.63) is 17.5 Å². The Balaban J connectivity index is 1.74. The van der Waals surface area contributed by atoms with Crippen LogP contribution in [-0.4, -0.2) is 62.6 Å². The van der Waals surface area contributed by atoms with Crippen LogP contribution in [0.4, 0.5) is 5.00 Å². The second kappa shape index (κ2) is 11.4. The smallest absolute Gasteiger partial charge is 0.191 e. The number of aliphatic hydroxyl groups excluding tert-OH is 1. The second-order valence-electron chi connectivity index (χ2n) is 7.16. The number of anilines is 1. The van der Waals surface area contributed by atoms with Gasteiger partial charge in [-0.05, 0) is 43.2 Å². The minimum Gasteiger partial charge on any atom is -0.389 e. The third-order valence-corrected chi connectivity index (χ3v) is 5.15. The van der Waals surface area contributed by atoms with Crippen molar-refractivity contribution in [1.82, 2.24) is 10.6 Å². The molecule has 2 heterocycles. The highest BCUT2D eigenvalue weighted by atomic mass is 32.1. The number of nitrogens with one attached hydrogen (secondary N) is 2. The Bertz CT molecular complexity index is 514. The van der Waals surface area contributed by atoms with E-state index in [4.69, 9.17) is 4.74 Å². The van der Waals surface area contributed by atoms with Crippen LogP contribution in [-0.2, 0) is 4.74 Å². The molecule has 1 aromatic heterocycles. The van der Waals surface area contributed by atoms with Crippen LogP contribution >= 0.6 is 11.3 Å². The van der Waals surface area contributed by atoms with Gasteiger partial charge in [-0.3, -0.25) is 4.99 Å². The molecule has 0 aliphatic carbocycles. The quantitative estimate of drug-likeness (QED) is 0.452. The van der Waals surface area contributed by atoms with Crippen LogP contribution in [0.2, 0.25) is 0 Å². The van der Waals surface area contributed by atoms with Gasteiger partial charge in [-0.2, -0.15) is 0 Å². The van der Waals surface area contributed by atoms with Crippen LogP contribution in [0.15, 0.2) is 22.5 Å². The van der Waals surface area contributed by atoms with Crippen LogP contribution in [0, 0.1) is 5.92 Å². The van der Waals surface area contributed by atoms with Crippen LogP contribution in [0.5, 0.6) is 0 Å². The Morgan fingerprint density at radius 3 is 2.77 bits per heavy atom. The third-order valence-electron chi connectivity index (χ3n) is 4.22. The van der Waals surface area contributed by atoms with Crippen molar-refractivity contribution in [1.29, 1.82) is 0 Å². The lowest BCUT2D eigenvalue weighted by atomic mass is 10.1. The van der Waals surface area contributed by atoms with E-state index in [0.717, 1.165) is 38.4 Å². The fraction of sp³-hybridized carbons (Fsp3) is 0.737. The molecule has 0 amide bonds. The first kappa shape index (κ1) is 21.0. The first-order valence-electron chi connectivity index (χ1n) is 9.67. The molecule has 2 rings (SSSR count). The summed E-state index contributed by atoms with van der Waals surface area (Å²) in [6, 6.07) is 4.71. The molecule has 0 bridgehead atoms. The van der Waals surface area contributed by atoms with E-state index in [1.165, 1.54) is 5.00 Å². The number of nitrogens with zero attached hydrogens (tertiary/aromatic N) is 2. The third kappa shape index (κ3) is 7.51. The standard InChI is InChI=1S/C19H34N4O2S/c1-4-20-19(21-12-17(24)14-25-13-15(2)3)22-16-7-9-23(10-8-16)18-6-5-11-26-18/h5-6,11,15-17,24H,4,7-10,12-14H2,1-3H3,(H2,20,21,22). The van der Waals surface area contributed by atoms with Gasteiger partial charge in [0.25, 0.3) is 0 Å². The Kier molecular flexibility index (Phi) is 9.22. The van der Waals surface area contributed by atoms with Gasteiger partial charge < -0.3 is 25.4 Å². The van der Waals surface area contributed by atoms with Crippen LogP contribution in [0.25, 0.3) is 0 Å². The molecule has 6 nitrogen and oxygen atoms in total. The van der Waals surface area contributed by atoms with Crippen molar-refractivity contribution in [2.75, 3.05) is 44.3 Å². The molecule has 1 unspecified atom stereocenters. The zero-order valence-electron chi connectivity index (χ0n) is 16.3. The molecule has 0 spiro atoms. The normalized spacial score (nSPS) is 17.6. The van der Waals surface area contributed by atoms with Gasteiger partial charge in [0.05, 0.1) is 24.3 Å². The number of ether oxygens (including phenoxy) is 1. The van der Waals surface area contributed by atoms with Crippen LogP contribution < -0.4 is 15.5 Å². The molecule has 1 fully saturated rings. The molecule has 1 aliphatic rings. The number of hydrogen-bond acceptors (Lipinski definition) is 5. The maximum absolute atomic E-state index is 10.0. The summed E-state index contributed by atoms with van der Waals surface area (Å²) >= 11 is 1.80. The zero-order chi connectivity index (χ0) is 18.8. The average molecular weight is 383 g/mol. The van der Waals surface area contributed by atoms with Gasteiger partial charge in [-0.15, -0.1) is 11.3 Å². The topological polar surface area (TPSA) is 69.1 Å². The molecule has 1 atom stereocenters. The minimum atomic E-state index is -0.565. The summed E-state index contributed by atoms with van der Waals surface area (Å²) in [6.45, 7) is 10.5. The van der Waals surface area contributed by atoms with Crippen molar-refractivity contribution >= 4 is 22.3 Å². The summed E-state index contributed by atoms with van der Waals surface area (Å²) in [5, 5.41) is 20.3. The molecule has 7 heteroatoms. The Hall–Kier alpha value is -1.31. The number of thiophene rings is 1. The number of aliphatic hydroxyl groups is 1. The van der Waals surface area contributed by atoms with Gasteiger partial charge in [0, 0.05) is 32.3 Å². The van der Waals surface area contributed by atoms with Gasteiger partial charge in [-0.1, -0.05) is 13.8 Å². The van der Waals surface area contributed by atoms with Gasteiger partial charge in [-0.25, -0.2) is 0 Å². The minimum absolute atomic E-state index is 0.334. The van der Waals surface area contributed by atoms with E-state index in [0.29, 0.717) is 31.7 Å². The highest BCUT2D eigenvalue weighted by molar-refractivity contribution is 7.14. The highest BCUT2D eigenvalue weighted by Gasteiger charge is 2.20. The molecule has 1 aliphatic heterocycles. The molecule has 0 radical (unpaired) electrons. The molecule has 3 N–H and O–H groups in total. The number of piperidine rings is 1. The fourth-order valence-electron chi connectivity index (χ4n) is 2.90. The van der Waals surface area contributed by atoms with Crippen molar-refractivity contribution < 1.29 is 9.84 Å². The van der Waals surface area contributed by atoms with Crippen LogP contribution in [0.1, 0.15) is 33.6 Å². The first-order valence-corrected chi connectivity index (χ1v) is 10.6. The van der Waals surface area contributed by atoms with E-state index in [9.17, 15) is 5.11 Å². The van der Waals surface area contributed by atoms with E-state index >= 15 is 0 Å². The van der Waals surface area contributed by atoms with Gasteiger partial charge >= 0.3 is 0 Å². The number of hydrogen-bond donors (Lipinski definition) is 3. The lowest BCUT2D eigenvalue weighted by molar-refractivity contribution is 0.0301. The summed E-state index contributed by atoms with van der Waals surface area (Å²) in [6.07, 6.45) is 1.61. The van der Waals surface area contributed by atoms with Crippen molar-refractivity contribution in [3.8, 4) is 0 Å². The number of aliphatic imine (C=N–C) groups is 1. The zero-order valence-corrected chi connectivity index (χ0v) is 17.1. The lowest BCUT2D eigenvalue weighted by Crippen LogP contribution is -2.49. The Morgan fingerprint density at radius 1 is 1.38 bits per heavy atom. The Morgan fingerprint density at radius 2 is 2.15 bits per heavy atom. The first-order chi connectivity index (χ1) is 12.6. The lowest BCUT2D eigenvalue weighted by Gasteiger charge is -2.33. The van der Waals surface area contributed by atoms with E-state index in [2.05, 4.69) is 58.8 Å².